The molecule has 0 aliphatic carbocycles. The van der Waals surface area contributed by atoms with E-state index in [0.29, 0.717) is 0 Å². The first-order valence-corrected chi connectivity index (χ1v) is 7.27. The van der Waals surface area contributed by atoms with Gasteiger partial charge >= 0.3 is 0 Å². The molecule has 2 aromatic heterocycles. The van der Waals surface area contributed by atoms with Gasteiger partial charge in [0, 0.05) is 27.7 Å². The topological polar surface area (TPSA) is 29.9 Å². The van der Waals surface area contributed by atoms with Crippen LogP contribution in [0.1, 0.15) is 29.1 Å². The maximum absolute atomic E-state index is 4.32. The van der Waals surface area contributed by atoms with Crippen LogP contribution in [0.3, 0.4) is 0 Å². The van der Waals surface area contributed by atoms with Crippen molar-refractivity contribution in [3.63, 3.8) is 0 Å². The van der Waals surface area contributed by atoms with Crippen molar-refractivity contribution >= 4 is 27.3 Å². The van der Waals surface area contributed by atoms with Crippen molar-refractivity contribution in [1.29, 1.82) is 0 Å². The summed E-state index contributed by atoms with van der Waals surface area (Å²) in [4.78, 5) is 1.31. The van der Waals surface area contributed by atoms with Gasteiger partial charge in [0.15, 0.2) is 0 Å². The van der Waals surface area contributed by atoms with E-state index >= 15 is 0 Å². The Morgan fingerprint density at radius 1 is 1.59 bits per heavy atom. The molecule has 2 heterocycles. The third-order valence-electron chi connectivity index (χ3n) is 2.90. The third kappa shape index (κ3) is 2.46. The number of hydrogen-bond donors (Lipinski definition) is 1. The molecule has 0 fully saturated rings. The molecule has 17 heavy (non-hydrogen) atoms. The van der Waals surface area contributed by atoms with Crippen LogP contribution in [0.5, 0.6) is 0 Å². The standard InChI is InChI=1S/C12H16BrN3S/c1-4-14-11(12-10(13)5-6-17-12)9-7-15-16(3)8(9)2/h5-7,11,14H,4H2,1-3H3. The fourth-order valence-corrected chi connectivity index (χ4v) is 3.55. The fraction of sp³-hybridized carbons (Fsp3) is 0.417. The summed E-state index contributed by atoms with van der Waals surface area (Å²) in [6.07, 6.45) is 1.95. The Bertz CT molecular complexity index is 504. The first-order chi connectivity index (χ1) is 8.15. The maximum atomic E-state index is 4.32. The highest BCUT2D eigenvalue weighted by Gasteiger charge is 2.20. The van der Waals surface area contributed by atoms with Crippen LogP contribution < -0.4 is 5.32 Å². The zero-order valence-corrected chi connectivity index (χ0v) is 12.6. The van der Waals surface area contributed by atoms with E-state index in [1.54, 1.807) is 11.3 Å². The second-order valence-corrected chi connectivity index (χ2v) is 5.73. The van der Waals surface area contributed by atoms with Gasteiger partial charge in [-0.3, -0.25) is 4.68 Å². The van der Waals surface area contributed by atoms with Crippen LogP contribution in [0.25, 0.3) is 0 Å². The van der Waals surface area contributed by atoms with Crippen molar-refractivity contribution in [2.75, 3.05) is 6.54 Å². The smallest absolute Gasteiger partial charge is 0.0716 e. The molecule has 0 bridgehead atoms. The molecule has 0 spiro atoms. The Morgan fingerprint density at radius 2 is 2.35 bits per heavy atom. The molecule has 92 valence electrons. The molecule has 2 rings (SSSR count). The Labute approximate surface area is 114 Å². The first-order valence-electron chi connectivity index (χ1n) is 5.60. The van der Waals surface area contributed by atoms with Crippen molar-refractivity contribution in [2.24, 2.45) is 7.05 Å². The number of halogens is 1. The van der Waals surface area contributed by atoms with Crippen molar-refractivity contribution in [3.8, 4) is 0 Å². The monoisotopic (exact) mass is 313 g/mol. The highest BCUT2D eigenvalue weighted by Crippen LogP contribution is 2.34. The van der Waals surface area contributed by atoms with Crippen molar-refractivity contribution in [3.05, 3.63) is 38.3 Å². The molecule has 2 aromatic rings. The van der Waals surface area contributed by atoms with Crippen LogP contribution in [0.2, 0.25) is 0 Å². The van der Waals surface area contributed by atoms with E-state index in [0.717, 1.165) is 11.0 Å². The molecule has 0 saturated heterocycles. The molecular formula is C12H16BrN3S. The Hall–Kier alpha value is -0.650. The molecule has 0 amide bonds. The predicted octanol–water partition coefficient (Wildman–Crippen LogP) is 3.25. The van der Waals surface area contributed by atoms with Crippen LogP contribution in [-0.4, -0.2) is 16.3 Å². The lowest BCUT2D eigenvalue weighted by molar-refractivity contribution is 0.631. The highest BCUT2D eigenvalue weighted by atomic mass is 79.9. The third-order valence-corrected chi connectivity index (χ3v) is 4.84. The highest BCUT2D eigenvalue weighted by molar-refractivity contribution is 9.10. The molecule has 1 atom stereocenters. The molecule has 0 aromatic carbocycles. The molecule has 3 nitrogen and oxygen atoms in total. The number of nitrogens with one attached hydrogen (secondary N) is 1. The molecule has 5 heteroatoms. The summed E-state index contributed by atoms with van der Waals surface area (Å²) in [5, 5.41) is 9.95. The molecule has 0 aliphatic rings. The van der Waals surface area contributed by atoms with E-state index in [1.165, 1.54) is 16.1 Å². The number of rotatable bonds is 4. The van der Waals surface area contributed by atoms with Crippen LogP contribution in [0, 0.1) is 6.92 Å². The van der Waals surface area contributed by atoms with Gasteiger partial charge in [-0.05, 0) is 40.8 Å². The molecular weight excluding hydrogens is 298 g/mol. The van der Waals surface area contributed by atoms with E-state index in [1.807, 2.05) is 17.9 Å². The van der Waals surface area contributed by atoms with E-state index in [9.17, 15) is 0 Å². The second kappa shape index (κ2) is 5.33. The van der Waals surface area contributed by atoms with Gasteiger partial charge in [0.1, 0.15) is 0 Å². The van der Waals surface area contributed by atoms with Gasteiger partial charge in [0.2, 0.25) is 0 Å². The summed E-state index contributed by atoms with van der Waals surface area (Å²) in [6, 6.07) is 2.32. The molecule has 0 radical (unpaired) electrons. The normalized spacial score (nSPS) is 12.9. The summed E-state index contributed by atoms with van der Waals surface area (Å²) in [7, 11) is 1.98. The van der Waals surface area contributed by atoms with Gasteiger partial charge in [0.25, 0.3) is 0 Å². The van der Waals surface area contributed by atoms with Crippen LogP contribution in [-0.2, 0) is 7.05 Å². The number of hydrogen-bond acceptors (Lipinski definition) is 3. The predicted molar refractivity (Wildman–Crippen MR) is 75.5 cm³/mol. The van der Waals surface area contributed by atoms with Crippen molar-refractivity contribution in [2.45, 2.75) is 19.9 Å². The quantitative estimate of drug-likeness (QED) is 0.939. The minimum atomic E-state index is 0.225. The van der Waals surface area contributed by atoms with Gasteiger partial charge < -0.3 is 5.32 Å². The molecule has 0 aliphatic heterocycles. The average molecular weight is 314 g/mol. The zero-order valence-electron chi connectivity index (χ0n) is 10.2. The van der Waals surface area contributed by atoms with Gasteiger partial charge in [-0.15, -0.1) is 11.3 Å². The van der Waals surface area contributed by atoms with Gasteiger partial charge in [-0.25, -0.2) is 0 Å². The van der Waals surface area contributed by atoms with E-state index in [2.05, 4.69) is 51.6 Å². The Kier molecular flexibility index (Phi) is 4.01. The van der Waals surface area contributed by atoms with Crippen molar-refractivity contribution in [1.82, 2.24) is 15.1 Å². The molecule has 1 unspecified atom stereocenters. The van der Waals surface area contributed by atoms with Crippen LogP contribution >= 0.6 is 27.3 Å². The van der Waals surface area contributed by atoms with E-state index in [4.69, 9.17) is 0 Å². The van der Waals surface area contributed by atoms with Gasteiger partial charge in [0.05, 0.1) is 12.2 Å². The van der Waals surface area contributed by atoms with E-state index in [-0.39, 0.29) is 6.04 Å². The van der Waals surface area contributed by atoms with Crippen LogP contribution in [0.15, 0.2) is 22.1 Å². The minimum absolute atomic E-state index is 0.225. The summed E-state index contributed by atoms with van der Waals surface area (Å²) in [5.74, 6) is 0. The Balaban J connectivity index is 2.43. The Morgan fingerprint density at radius 3 is 2.82 bits per heavy atom. The molecule has 1 N–H and O–H groups in total. The van der Waals surface area contributed by atoms with Crippen LogP contribution in [0.4, 0.5) is 0 Å². The first kappa shape index (κ1) is 12.8. The number of aryl methyl sites for hydroxylation is 1. The number of nitrogens with zero attached hydrogens (tertiary/aromatic N) is 2. The summed E-state index contributed by atoms with van der Waals surface area (Å²) in [6.45, 7) is 5.16. The second-order valence-electron chi connectivity index (χ2n) is 3.93. The average Bonchev–Trinajstić information content (AvgIpc) is 2.85. The van der Waals surface area contributed by atoms with Gasteiger partial charge in [-0.2, -0.15) is 5.10 Å². The summed E-state index contributed by atoms with van der Waals surface area (Å²) < 4.78 is 3.08. The lowest BCUT2D eigenvalue weighted by Gasteiger charge is -2.17. The fourth-order valence-electron chi connectivity index (χ4n) is 1.86. The summed E-state index contributed by atoms with van der Waals surface area (Å²) >= 11 is 5.37. The van der Waals surface area contributed by atoms with Crippen molar-refractivity contribution < 1.29 is 0 Å². The lowest BCUT2D eigenvalue weighted by Crippen LogP contribution is -2.21. The number of thiophene rings is 1. The lowest BCUT2D eigenvalue weighted by atomic mass is 10.1. The zero-order chi connectivity index (χ0) is 12.4. The van der Waals surface area contributed by atoms with Gasteiger partial charge in [-0.1, -0.05) is 6.92 Å². The largest absolute Gasteiger partial charge is 0.306 e. The SMILES string of the molecule is CCNC(c1cnn(C)c1C)c1sccc1Br. The maximum Gasteiger partial charge on any atom is 0.0716 e. The minimum Gasteiger partial charge on any atom is -0.306 e. The summed E-state index contributed by atoms with van der Waals surface area (Å²) in [5.41, 5.74) is 2.45. The van der Waals surface area contributed by atoms with E-state index < -0.39 is 0 Å². The number of aromatic nitrogens is 2. The molecule has 0 saturated carbocycles.